The summed E-state index contributed by atoms with van der Waals surface area (Å²) in [7, 11) is 0. The summed E-state index contributed by atoms with van der Waals surface area (Å²) in [5, 5.41) is 13.7. The number of rotatable bonds is 6. The van der Waals surface area contributed by atoms with Gasteiger partial charge in [0, 0.05) is 0 Å². The molecular weight excluding hydrogens is 266 g/mol. The van der Waals surface area contributed by atoms with Gasteiger partial charge in [0.25, 0.3) is 0 Å². The highest BCUT2D eigenvalue weighted by atomic mass is 16.4. The second-order valence-corrected chi connectivity index (χ2v) is 4.79. The van der Waals surface area contributed by atoms with E-state index < -0.39 is 12.0 Å². The smallest absolute Gasteiger partial charge is 0.224 e. The summed E-state index contributed by atoms with van der Waals surface area (Å²) in [6, 6.07) is 17.3. The molecule has 2 aromatic carbocycles. The number of hydrogen-bond donors (Lipinski definition) is 1. The Bertz CT molecular complexity index is 596. The van der Waals surface area contributed by atoms with Crippen LogP contribution in [0.15, 0.2) is 60.7 Å². The number of carbonyl (C=O) groups is 2. The zero-order valence-corrected chi connectivity index (χ0v) is 11.5. The number of carboxylic acids is 1. The fourth-order valence-electron chi connectivity index (χ4n) is 2.07. The van der Waals surface area contributed by atoms with Crippen LogP contribution in [-0.2, 0) is 22.4 Å². The molecule has 0 saturated heterocycles. The second kappa shape index (κ2) is 7.24. The average molecular weight is 282 g/mol. The van der Waals surface area contributed by atoms with Crippen molar-refractivity contribution in [2.45, 2.75) is 18.9 Å². The zero-order valence-electron chi connectivity index (χ0n) is 11.5. The van der Waals surface area contributed by atoms with Crippen LogP contribution >= 0.6 is 0 Å². The van der Waals surface area contributed by atoms with E-state index in [-0.39, 0.29) is 18.7 Å². The molecule has 1 atom stereocenters. The molecule has 0 unspecified atom stereocenters. The highest BCUT2D eigenvalue weighted by molar-refractivity contribution is 5.84. The summed E-state index contributed by atoms with van der Waals surface area (Å²) in [6.45, 7) is 0. The van der Waals surface area contributed by atoms with Crippen LogP contribution in [0.5, 0.6) is 0 Å². The Kier molecular flexibility index (Phi) is 5.10. The van der Waals surface area contributed by atoms with Gasteiger partial charge >= 0.3 is 0 Å². The Morgan fingerprint density at radius 1 is 0.905 bits per heavy atom. The summed E-state index contributed by atoms with van der Waals surface area (Å²) in [6.07, 6.45) is 0.364. The quantitative estimate of drug-likeness (QED) is 0.848. The van der Waals surface area contributed by atoms with E-state index in [9.17, 15) is 14.7 Å². The van der Waals surface area contributed by atoms with Crippen molar-refractivity contribution in [1.82, 2.24) is 5.32 Å². The Hall–Kier alpha value is -2.62. The fraction of sp³-hybridized carbons (Fsp3) is 0.176. The van der Waals surface area contributed by atoms with Gasteiger partial charge in [-0.2, -0.15) is 0 Å². The van der Waals surface area contributed by atoms with Crippen molar-refractivity contribution in [1.29, 1.82) is 0 Å². The number of nitrogens with one attached hydrogen (secondary N) is 1. The largest absolute Gasteiger partial charge is 0.548 e. The van der Waals surface area contributed by atoms with Gasteiger partial charge in [-0.15, -0.1) is 0 Å². The van der Waals surface area contributed by atoms with Crippen molar-refractivity contribution in [3.8, 4) is 0 Å². The molecule has 0 fully saturated rings. The van der Waals surface area contributed by atoms with E-state index in [2.05, 4.69) is 5.32 Å². The first-order valence-corrected chi connectivity index (χ1v) is 6.73. The molecule has 108 valence electrons. The number of amides is 1. The van der Waals surface area contributed by atoms with Crippen LogP contribution < -0.4 is 10.4 Å². The molecule has 21 heavy (non-hydrogen) atoms. The first-order valence-electron chi connectivity index (χ1n) is 6.73. The van der Waals surface area contributed by atoms with Gasteiger partial charge in [0.2, 0.25) is 5.91 Å². The number of aliphatic carboxylic acids is 1. The lowest BCUT2D eigenvalue weighted by atomic mass is 10.1. The maximum absolute atomic E-state index is 11.9. The molecule has 0 saturated carbocycles. The van der Waals surface area contributed by atoms with E-state index in [0.29, 0.717) is 0 Å². The maximum atomic E-state index is 11.9. The van der Waals surface area contributed by atoms with Crippen LogP contribution in [0.2, 0.25) is 0 Å². The third-order valence-electron chi connectivity index (χ3n) is 3.11. The number of hydrogen-bond acceptors (Lipinski definition) is 3. The molecule has 1 N–H and O–H groups in total. The van der Waals surface area contributed by atoms with Crippen LogP contribution in [0.3, 0.4) is 0 Å². The monoisotopic (exact) mass is 282 g/mol. The van der Waals surface area contributed by atoms with E-state index >= 15 is 0 Å². The predicted molar refractivity (Wildman–Crippen MR) is 77.2 cm³/mol. The SMILES string of the molecule is O=C(Cc1ccccc1)N[C@@H](Cc1ccccc1)C(=O)[O-]. The second-order valence-electron chi connectivity index (χ2n) is 4.79. The summed E-state index contributed by atoms with van der Waals surface area (Å²) in [4.78, 5) is 23.1. The zero-order chi connectivity index (χ0) is 15.1. The molecule has 4 heteroatoms. The van der Waals surface area contributed by atoms with Gasteiger partial charge in [0.05, 0.1) is 18.4 Å². The van der Waals surface area contributed by atoms with Crippen LogP contribution in [-0.4, -0.2) is 17.9 Å². The highest BCUT2D eigenvalue weighted by Gasteiger charge is 2.14. The molecule has 1 amide bonds. The normalized spacial score (nSPS) is 11.6. The first-order chi connectivity index (χ1) is 10.1. The molecule has 0 aliphatic heterocycles. The molecule has 0 aliphatic carbocycles. The van der Waals surface area contributed by atoms with E-state index in [1.54, 1.807) is 0 Å². The molecule has 0 aliphatic rings. The minimum Gasteiger partial charge on any atom is -0.548 e. The van der Waals surface area contributed by atoms with Crippen molar-refractivity contribution >= 4 is 11.9 Å². The summed E-state index contributed by atoms with van der Waals surface area (Å²) in [5.41, 5.74) is 1.68. The van der Waals surface area contributed by atoms with Gasteiger partial charge in [-0.25, -0.2) is 0 Å². The van der Waals surface area contributed by atoms with Gasteiger partial charge in [-0.1, -0.05) is 60.7 Å². The molecule has 4 nitrogen and oxygen atoms in total. The maximum Gasteiger partial charge on any atom is 0.224 e. The third-order valence-corrected chi connectivity index (χ3v) is 3.11. The molecule has 2 rings (SSSR count). The van der Waals surface area contributed by atoms with Crippen LogP contribution in [0.25, 0.3) is 0 Å². The summed E-state index contributed by atoms with van der Waals surface area (Å²) >= 11 is 0. The molecule has 0 aromatic heterocycles. The number of benzene rings is 2. The number of carboxylic acid groups (broad SMARTS) is 1. The third kappa shape index (κ3) is 4.76. The Morgan fingerprint density at radius 3 is 1.95 bits per heavy atom. The lowest BCUT2D eigenvalue weighted by Gasteiger charge is -2.20. The Labute approximate surface area is 123 Å². The minimum absolute atomic E-state index is 0.152. The average Bonchev–Trinajstić information content (AvgIpc) is 2.48. The molecule has 0 bridgehead atoms. The van der Waals surface area contributed by atoms with Crippen LogP contribution in [0, 0.1) is 0 Å². The van der Waals surface area contributed by atoms with Gasteiger partial charge in [-0.3, -0.25) is 4.79 Å². The topological polar surface area (TPSA) is 69.2 Å². The molecule has 2 aromatic rings. The van der Waals surface area contributed by atoms with Crippen LogP contribution in [0.1, 0.15) is 11.1 Å². The lowest BCUT2D eigenvalue weighted by Crippen LogP contribution is -2.49. The standard InChI is InChI=1S/C17H17NO3/c19-16(12-14-9-5-2-6-10-14)18-15(17(20)21)11-13-7-3-1-4-8-13/h1-10,15H,11-12H2,(H,18,19)(H,20,21)/p-1/t15-/m0/s1. The summed E-state index contributed by atoms with van der Waals surface area (Å²) in [5.74, 6) is -1.61. The molecule has 0 heterocycles. The van der Waals surface area contributed by atoms with Gasteiger partial charge in [-0.05, 0) is 17.5 Å². The van der Waals surface area contributed by atoms with Crippen molar-refractivity contribution in [3.05, 3.63) is 71.8 Å². The fourth-order valence-corrected chi connectivity index (χ4v) is 2.07. The van der Waals surface area contributed by atoms with Crippen molar-refractivity contribution in [2.75, 3.05) is 0 Å². The minimum atomic E-state index is -1.28. The molecule has 0 spiro atoms. The van der Waals surface area contributed by atoms with Gasteiger partial charge in [0.15, 0.2) is 0 Å². The molecular formula is C17H16NO3-. The van der Waals surface area contributed by atoms with Gasteiger partial charge in [0.1, 0.15) is 0 Å². The van der Waals surface area contributed by atoms with Gasteiger partial charge < -0.3 is 15.2 Å². The predicted octanol–water partition coefficient (Wildman–Crippen LogP) is 0.706. The van der Waals surface area contributed by atoms with Crippen LogP contribution in [0.4, 0.5) is 0 Å². The van der Waals surface area contributed by atoms with Crippen molar-refractivity contribution in [2.24, 2.45) is 0 Å². The number of carbonyl (C=O) groups excluding carboxylic acids is 2. The van der Waals surface area contributed by atoms with E-state index in [0.717, 1.165) is 11.1 Å². The van der Waals surface area contributed by atoms with E-state index in [1.807, 2.05) is 60.7 Å². The Morgan fingerprint density at radius 2 is 1.43 bits per heavy atom. The summed E-state index contributed by atoms with van der Waals surface area (Å²) < 4.78 is 0. The van der Waals surface area contributed by atoms with Crippen molar-refractivity contribution in [3.63, 3.8) is 0 Å². The highest BCUT2D eigenvalue weighted by Crippen LogP contribution is 2.04. The van der Waals surface area contributed by atoms with E-state index in [4.69, 9.17) is 0 Å². The first kappa shape index (κ1) is 14.8. The Balaban J connectivity index is 1.96. The van der Waals surface area contributed by atoms with Crippen molar-refractivity contribution < 1.29 is 14.7 Å². The van der Waals surface area contributed by atoms with E-state index in [1.165, 1.54) is 0 Å². The lowest BCUT2D eigenvalue weighted by molar-refractivity contribution is -0.308. The molecule has 0 radical (unpaired) electrons.